The zero-order valence-electron chi connectivity index (χ0n) is 22.0. The second-order valence-corrected chi connectivity index (χ2v) is 9.26. The number of aromatic nitrogens is 1. The molecule has 0 aliphatic carbocycles. The summed E-state index contributed by atoms with van der Waals surface area (Å²) in [5.74, 6) is -2.01. The van der Waals surface area contributed by atoms with Crippen LogP contribution in [0, 0.1) is 5.82 Å². The van der Waals surface area contributed by atoms with Gasteiger partial charge in [-0.15, -0.1) is 9.24 Å². The maximum absolute atomic E-state index is 14.2. The molecule has 0 aliphatic rings. The van der Waals surface area contributed by atoms with Gasteiger partial charge in [0, 0.05) is 45.6 Å². The van der Waals surface area contributed by atoms with E-state index in [0.29, 0.717) is 18.5 Å². The maximum Gasteiger partial charge on any atom is 0.257 e. The lowest BCUT2D eigenvalue weighted by molar-refractivity contribution is 0.0943. The molecule has 10 nitrogen and oxygen atoms in total. The van der Waals surface area contributed by atoms with Crippen molar-refractivity contribution in [3.05, 3.63) is 57.3 Å². The maximum atomic E-state index is 14.2. The number of benzene rings is 1. The topological polar surface area (TPSA) is 119 Å². The predicted octanol–water partition coefficient (Wildman–Crippen LogP) is 0.650. The van der Waals surface area contributed by atoms with Crippen LogP contribution in [0.15, 0.2) is 29.2 Å². The molecule has 12 heteroatoms. The van der Waals surface area contributed by atoms with E-state index in [0.717, 1.165) is 26.1 Å². The van der Waals surface area contributed by atoms with E-state index < -0.39 is 29.1 Å². The lowest BCUT2D eigenvalue weighted by atomic mass is 10.1. The van der Waals surface area contributed by atoms with Gasteiger partial charge in [-0.25, -0.2) is 4.39 Å². The highest BCUT2D eigenvalue weighted by molar-refractivity contribution is 7.27. The van der Waals surface area contributed by atoms with Crippen LogP contribution in [0.4, 0.5) is 4.39 Å². The fourth-order valence-corrected chi connectivity index (χ4v) is 4.09. The van der Waals surface area contributed by atoms with Crippen molar-refractivity contribution in [2.45, 2.75) is 33.0 Å². The van der Waals surface area contributed by atoms with E-state index in [2.05, 4.69) is 38.6 Å². The molecule has 37 heavy (non-hydrogen) atoms. The van der Waals surface area contributed by atoms with Gasteiger partial charge in [0.2, 0.25) is 5.43 Å². The lowest BCUT2D eigenvalue weighted by Crippen LogP contribution is -2.41. The molecule has 0 saturated carbocycles. The lowest BCUT2D eigenvalue weighted by Gasteiger charge is -2.30. The summed E-state index contributed by atoms with van der Waals surface area (Å²) in [6, 6.07) is 4.56. The standard InChI is InChI=1S/C25H39FN5O5P/c1-5-30(6-2)12-7-11-29(3)31-16-19(22(32)23(33)21(31)25(35)27-10-13-36-4)24(34)28-15-17-8-9-18(37)14-20(17)26/h8-9,14,16,25,27,33,35H,5-7,10-13,15,37H2,1-4H3,(H,28,34). The molecule has 0 radical (unpaired) electrons. The Morgan fingerprint density at radius 2 is 1.97 bits per heavy atom. The molecular formula is C25H39FN5O5P. The molecule has 2 unspecified atom stereocenters. The Morgan fingerprint density at radius 1 is 1.27 bits per heavy atom. The van der Waals surface area contributed by atoms with Gasteiger partial charge in [0.15, 0.2) is 12.0 Å². The summed E-state index contributed by atoms with van der Waals surface area (Å²) >= 11 is 0. The number of nitrogens with zero attached hydrogens (tertiary/aromatic N) is 3. The summed E-state index contributed by atoms with van der Waals surface area (Å²) in [5.41, 5.74) is -1.10. The average molecular weight is 540 g/mol. The first-order valence-electron chi connectivity index (χ1n) is 12.3. The molecule has 2 atom stereocenters. The summed E-state index contributed by atoms with van der Waals surface area (Å²) in [6.45, 7) is 7.77. The highest BCUT2D eigenvalue weighted by atomic mass is 31.0. The third kappa shape index (κ3) is 8.48. The molecule has 2 aromatic rings. The largest absolute Gasteiger partial charge is 0.503 e. The van der Waals surface area contributed by atoms with Crippen molar-refractivity contribution in [3.8, 4) is 5.75 Å². The number of rotatable bonds is 15. The number of aliphatic hydroxyl groups is 1. The normalized spacial score (nSPS) is 12.1. The van der Waals surface area contributed by atoms with Crippen molar-refractivity contribution >= 4 is 20.5 Å². The number of carbonyl (C=O) groups excluding carboxylic acids is 1. The summed E-state index contributed by atoms with van der Waals surface area (Å²) in [5, 5.41) is 29.3. The van der Waals surface area contributed by atoms with Crippen LogP contribution >= 0.6 is 9.24 Å². The smallest absolute Gasteiger partial charge is 0.257 e. The molecule has 0 saturated heterocycles. The summed E-state index contributed by atoms with van der Waals surface area (Å²) in [6.07, 6.45) is 0.655. The van der Waals surface area contributed by atoms with Crippen molar-refractivity contribution in [3.63, 3.8) is 0 Å². The van der Waals surface area contributed by atoms with Crippen LogP contribution in [-0.2, 0) is 11.3 Å². The molecule has 1 aromatic heterocycles. The van der Waals surface area contributed by atoms with Crippen LogP contribution in [-0.4, -0.2) is 79.2 Å². The third-order valence-electron chi connectivity index (χ3n) is 6.08. The van der Waals surface area contributed by atoms with Crippen molar-refractivity contribution in [1.82, 2.24) is 20.2 Å². The first-order valence-corrected chi connectivity index (χ1v) is 12.9. The third-order valence-corrected chi connectivity index (χ3v) is 6.44. The van der Waals surface area contributed by atoms with Crippen LogP contribution in [0.3, 0.4) is 0 Å². The number of nitrogens with one attached hydrogen (secondary N) is 2. The van der Waals surface area contributed by atoms with Gasteiger partial charge in [0.25, 0.3) is 5.91 Å². The number of halogens is 1. The molecule has 1 amide bonds. The first-order chi connectivity index (χ1) is 17.6. The molecule has 1 aromatic carbocycles. The Kier molecular flexibility index (Phi) is 12.4. The van der Waals surface area contributed by atoms with Gasteiger partial charge in [0.05, 0.1) is 6.61 Å². The Hall–Kier alpha value is -2.56. The van der Waals surface area contributed by atoms with Crippen LogP contribution in [0.25, 0.3) is 0 Å². The molecule has 0 spiro atoms. The van der Waals surface area contributed by atoms with Crippen molar-refractivity contribution in [2.24, 2.45) is 0 Å². The van der Waals surface area contributed by atoms with Gasteiger partial charge in [-0.1, -0.05) is 26.0 Å². The summed E-state index contributed by atoms with van der Waals surface area (Å²) in [7, 11) is 5.64. The Morgan fingerprint density at radius 3 is 2.59 bits per heavy atom. The molecule has 206 valence electrons. The molecule has 0 fully saturated rings. The minimum absolute atomic E-state index is 0.0925. The quantitative estimate of drug-likeness (QED) is 0.148. The van der Waals surface area contributed by atoms with E-state index in [4.69, 9.17) is 4.74 Å². The minimum Gasteiger partial charge on any atom is -0.503 e. The number of carbonyl (C=O) groups is 1. The Labute approximate surface area is 219 Å². The van der Waals surface area contributed by atoms with Gasteiger partial charge >= 0.3 is 0 Å². The zero-order valence-corrected chi connectivity index (χ0v) is 23.1. The summed E-state index contributed by atoms with van der Waals surface area (Å²) in [4.78, 5) is 28.2. The number of aromatic hydroxyl groups is 1. The predicted molar refractivity (Wildman–Crippen MR) is 146 cm³/mol. The SMILES string of the molecule is CCN(CC)CCCN(C)n1cc(C(=O)NCc2ccc(P)cc2F)c(=O)c(O)c1C(O)NCCOC. The van der Waals surface area contributed by atoms with E-state index in [1.54, 1.807) is 24.2 Å². The second kappa shape index (κ2) is 15.0. The van der Waals surface area contributed by atoms with Gasteiger partial charge in [-0.3, -0.25) is 19.6 Å². The highest BCUT2D eigenvalue weighted by Crippen LogP contribution is 2.21. The van der Waals surface area contributed by atoms with Gasteiger partial charge < -0.3 is 30.2 Å². The molecule has 1 heterocycles. The highest BCUT2D eigenvalue weighted by Gasteiger charge is 2.25. The molecule has 4 N–H and O–H groups in total. The van der Waals surface area contributed by atoms with E-state index in [1.165, 1.54) is 24.0 Å². The second-order valence-electron chi connectivity index (χ2n) is 8.59. The molecule has 0 bridgehead atoms. The minimum atomic E-state index is -1.40. The van der Waals surface area contributed by atoms with Crippen molar-refractivity contribution in [2.75, 3.05) is 58.5 Å². The monoisotopic (exact) mass is 539 g/mol. The zero-order chi connectivity index (χ0) is 27.5. The Bertz CT molecular complexity index is 1100. The van der Waals surface area contributed by atoms with Gasteiger partial charge in [0.1, 0.15) is 17.1 Å². The number of hydrogen-bond donors (Lipinski definition) is 4. The van der Waals surface area contributed by atoms with E-state index in [-0.39, 0.29) is 29.9 Å². The van der Waals surface area contributed by atoms with Crippen LogP contribution in [0.2, 0.25) is 0 Å². The number of pyridine rings is 1. The number of amides is 1. The van der Waals surface area contributed by atoms with E-state index in [1.807, 2.05) is 0 Å². The fraction of sp³-hybridized carbons (Fsp3) is 0.520. The van der Waals surface area contributed by atoms with E-state index >= 15 is 0 Å². The molecule has 2 rings (SSSR count). The number of methoxy groups -OCH3 is 1. The van der Waals surface area contributed by atoms with Crippen molar-refractivity contribution in [1.29, 1.82) is 0 Å². The average Bonchev–Trinajstić information content (AvgIpc) is 2.87. The Balaban J connectivity index is 2.35. The fourth-order valence-electron chi connectivity index (χ4n) is 3.84. The van der Waals surface area contributed by atoms with Gasteiger partial charge in [-0.05, 0) is 37.4 Å². The summed E-state index contributed by atoms with van der Waals surface area (Å²) < 4.78 is 20.6. The number of aliphatic hydroxyl groups excluding tert-OH is 1. The van der Waals surface area contributed by atoms with Crippen LogP contribution in [0.1, 0.15) is 48.1 Å². The molecule has 0 aliphatic heterocycles. The number of hydrogen-bond acceptors (Lipinski definition) is 8. The molecular weight excluding hydrogens is 500 g/mol. The van der Waals surface area contributed by atoms with E-state index in [9.17, 15) is 24.2 Å². The number of ether oxygens (including phenoxy) is 1. The van der Waals surface area contributed by atoms with Crippen LogP contribution in [0.5, 0.6) is 5.75 Å². The van der Waals surface area contributed by atoms with Crippen molar-refractivity contribution < 1.29 is 24.1 Å². The van der Waals surface area contributed by atoms with Gasteiger partial charge in [-0.2, -0.15) is 0 Å². The van der Waals surface area contributed by atoms with Crippen LogP contribution < -0.4 is 26.4 Å². The first kappa shape index (κ1) is 30.7.